The van der Waals surface area contributed by atoms with Gasteiger partial charge in [0.1, 0.15) is 0 Å². The molecule has 0 radical (unpaired) electrons. The Labute approximate surface area is 106 Å². The molecule has 0 aromatic heterocycles. The van der Waals surface area contributed by atoms with E-state index in [1.807, 2.05) is 0 Å². The molecule has 1 saturated heterocycles. The zero-order chi connectivity index (χ0) is 12.3. The van der Waals surface area contributed by atoms with Crippen molar-refractivity contribution in [1.82, 2.24) is 9.80 Å². The first-order valence-electron chi connectivity index (χ1n) is 7.29. The normalized spacial score (nSPS) is 33.2. The number of nitrogens with zero attached hydrogens (tertiary/aromatic N) is 2. The quantitative estimate of drug-likeness (QED) is 0.761. The number of nitrogens with two attached hydrogens (primary N) is 1. The summed E-state index contributed by atoms with van der Waals surface area (Å²) in [4.78, 5) is 5.07. The highest BCUT2D eigenvalue weighted by Gasteiger charge is 2.41. The van der Waals surface area contributed by atoms with Crippen molar-refractivity contribution in [3.63, 3.8) is 0 Å². The smallest absolute Gasteiger partial charge is 0.0470 e. The van der Waals surface area contributed by atoms with E-state index in [9.17, 15) is 0 Å². The van der Waals surface area contributed by atoms with Crippen LogP contribution in [0.15, 0.2) is 0 Å². The monoisotopic (exact) mass is 239 g/mol. The molecule has 0 aromatic carbocycles. The lowest BCUT2D eigenvalue weighted by molar-refractivity contribution is 0.0760. The lowest BCUT2D eigenvalue weighted by Gasteiger charge is -2.43. The van der Waals surface area contributed by atoms with Gasteiger partial charge in [0.25, 0.3) is 0 Å². The molecule has 3 nitrogen and oxygen atoms in total. The van der Waals surface area contributed by atoms with Crippen molar-refractivity contribution in [3.8, 4) is 0 Å². The fourth-order valence-electron chi connectivity index (χ4n) is 3.69. The molecule has 3 heteroatoms. The summed E-state index contributed by atoms with van der Waals surface area (Å²) in [6, 6.07) is 0.771. The van der Waals surface area contributed by atoms with Crippen molar-refractivity contribution in [2.45, 2.75) is 56.5 Å². The Hall–Kier alpha value is -0.120. The molecule has 0 amide bonds. The predicted molar refractivity (Wildman–Crippen MR) is 73.2 cm³/mol. The molecular formula is C14H29N3. The molecule has 1 unspecified atom stereocenters. The van der Waals surface area contributed by atoms with Gasteiger partial charge in [-0.05, 0) is 39.9 Å². The zero-order valence-electron chi connectivity index (χ0n) is 11.6. The van der Waals surface area contributed by atoms with E-state index in [1.165, 1.54) is 51.5 Å². The van der Waals surface area contributed by atoms with Gasteiger partial charge >= 0.3 is 0 Å². The fourth-order valence-corrected chi connectivity index (χ4v) is 3.69. The highest BCUT2D eigenvalue weighted by Crippen LogP contribution is 2.31. The lowest BCUT2D eigenvalue weighted by atomic mass is 9.92. The number of likely N-dealkylation sites (tertiary alicyclic amines) is 1. The summed E-state index contributed by atoms with van der Waals surface area (Å²) in [5, 5.41) is 0. The number of rotatable bonds is 3. The summed E-state index contributed by atoms with van der Waals surface area (Å²) >= 11 is 0. The summed E-state index contributed by atoms with van der Waals surface area (Å²) in [5.74, 6) is 0. The van der Waals surface area contributed by atoms with Gasteiger partial charge in [0.2, 0.25) is 0 Å². The van der Waals surface area contributed by atoms with Gasteiger partial charge < -0.3 is 10.6 Å². The Bertz CT molecular complexity index is 236. The first kappa shape index (κ1) is 13.3. The van der Waals surface area contributed by atoms with E-state index < -0.39 is 0 Å². The third-order valence-corrected chi connectivity index (χ3v) is 5.02. The molecule has 2 aliphatic rings. The molecule has 2 rings (SSSR count). The average molecular weight is 239 g/mol. The van der Waals surface area contributed by atoms with Crippen molar-refractivity contribution in [3.05, 3.63) is 0 Å². The SMILES string of the molecule is CN1CCC(CN)(N(C)C2CCCCCC2)C1. The van der Waals surface area contributed by atoms with Crippen LogP contribution in [0.1, 0.15) is 44.9 Å². The minimum atomic E-state index is 0.254. The van der Waals surface area contributed by atoms with Crippen molar-refractivity contribution >= 4 is 0 Å². The molecule has 2 fully saturated rings. The van der Waals surface area contributed by atoms with Crippen molar-refractivity contribution < 1.29 is 0 Å². The van der Waals surface area contributed by atoms with E-state index in [1.54, 1.807) is 0 Å². The number of likely N-dealkylation sites (N-methyl/N-ethyl adjacent to an activating group) is 2. The number of hydrogen-bond acceptors (Lipinski definition) is 3. The minimum absolute atomic E-state index is 0.254. The molecule has 1 aliphatic heterocycles. The standard InChI is InChI=1S/C14H29N3/c1-16-10-9-14(11-15,12-16)17(2)13-7-5-3-4-6-8-13/h13H,3-12,15H2,1-2H3. The van der Waals surface area contributed by atoms with E-state index in [0.717, 1.165) is 19.1 Å². The lowest BCUT2D eigenvalue weighted by Crippen LogP contribution is -2.57. The van der Waals surface area contributed by atoms with Crippen LogP contribution in [0.5, 0.6) is 0 Å². The van der Waals surface area contributed by atoms with Gasteiger partial charge in [-0.25, -0.2) is 0 Å². The van der Waals surface area contributed by atoms with Crippen LogP contribution in [0.4, 0.5) is 0 Å². The van der Waals surface area contributed by atoms with Crippen molar-refractivity contribution in [2.75, 3.05) is 33.7 Å². The molecule has 100 valence electrons. The highest BCUT2D eigenvalue weighted by atomic mass is 15.3. The van der Waals surface area contributed by atoms with Crippen molar-refractivity contribution in [2.24, 2.45) is 5.73 Å². The summed E-state index contributed by atoms with van der Waals surface area (Å²) < 4.78 is 0. The molecule has 0 spiro atoms. The fraction of sp³-hybridized carbons (Fsp3) is 1.00. The minimum Gasteiger partial charge on any atom is -0.329 e. The Kier molecular flexibility index (Phi) is 4.45. The third kappa shape index (κ3) is 2.83. The van der Waals surface area contributed by atoms with Crippen LogP contribution in [0.3, 0.4) is 0 Å². The van der Waals surface area contributed by atoms with Crippen molar-refractivity contribution in [1.29, 1.82) is 0 Å². The van der Waals surface area contributed by atoms with E-state index >= 15 is 0 Å². The zero-order valence-corrected chi connectivity index (χ0v) is 11.6. The summed E-state index contributed by atoms with van der Waals surface area (Å²) in [6.45, 7) is 3.16. The van der Waals surface area contributed by atoms with E-state index in [0.29, 0.717) is 0 Å². The van der Waals surface area contributed by atoms with Gasteiger partial charge in [-0.15, -0.1) is 0 Å². The number of hydrogen-bond donors (Lipinski definition) is 1. The largest absolute Gasteiger partial charge is 0.329 e. The van der Waals surface area contributed by atoms with E-state index in [4.69, 9.17) is 5.73 Å². The van der Waals surface area contributed by atoms with Gasteiger partial charge in [0.05, 0.1) is 0 Å². The first-order valence-corrected chi connectivity index (χ1v) is 7.29. The Balaban J connectivity index is 2.02. The molecule has 0 bridgehead atoms. The average Bonchev–Trinajstić information content (AvgIpc) is 2.56. The molecule has 17 heavy (non-hydrogen) atoms. The highest BCUT2D eigenvalue weighted by molar-refractivity contribution is 5.00. The molecule has 0 aromatic rings. The van der Waals surface area contributed by atoms with Gasteiger partial charge in [0, 0.05) is 24.7 Å². The Morgan fingerprint density at radius 1 is 1.24 bits per heavy atom. The summed E-state index contributed by atoms with van der Waals surface area (Å²) in [7, 11) is 4.54. The first-order chi connectivity index (χ1) is 8.18. The van der Waals surface area contributed by atoms with Crippen LogP contribution in [-0.4, -0.2) is 55.1 Å². The maximum absolute atomic E-state index is 6.11. The molecule has 1 heterocycles. The predicted octanol–water partition coefficient (Wildman–Crippen LogP) is 1.67. The second-order valence-corrected chi connectivity index (χ2v) is 6.17. The molecular weight excluding hydrogens is 210 g/mol. The van der Waals surface area contributed by atoms with Crippen LogP contribution < -0.4 is 5.73 Å². The molecule has 2 N–H and O–H groups in total. The van der Waals surface area contributed by atoms with Crippen LogP contribution in [0.2, 0.25) is 0 Å². The second kappa shape index (κ2) is 5.68. The van der Waals surface area contributed by atoms with Gasteiger partial charge in [-0.2, -0.15) is 0 Å². The van der Waals surface area contributed by atoms with E-state index in [-0.39, 0.29) is 5.54 Å². The molecule has 1 aliphatic carbocycles. The maximum Gasteiger partial charge on any atom is 0.0470 e. The van der Waals surface area contributed by atoms with Gasteiger partial charge in [0.15, 0.2) is 0 Å². The molecule has 1 atom stereocenters. The summed E-state index contributed by atoms with van der Waals surface area (Å²) in [6.07, 6.45) is 9.67. The van der Waals surface area contributed by atoms with Crippen LogP contribution >= 0.6 is 0 Å². The van der Waals surface area contributed by atoms with Gasteiger partial charge in [-0.3, -0.25) is 4.90 Å². The molecule has 1 saturated carbocycles. The topological polar surface area (TPSA) is 32.5 Å². The Morgan fingerprint density at radius 2 is 1.88 bits per heavy atom. The third-order valence-electron chi connectivity index (χ3n) is 5.02. The van der Waals surface area contributed by atoms with Crippen LogP contribution in [-0.2, 0) is 0 Å². The Morgan fingerprint density at radius 3 is 2.35 bits per heavy atom. The van der Waals surface area contributed by atoms with Crippen LogP contribution in [0, 0.1) is 0 Å². The second-order valence-electron chi connectivity index (χ2n) is 6.17. The van der Waals surface area contributed by atoms with Gasteiger partial charge in [-0.1, -0.05) is 25.7 Å². The van der Waals surface area contributed by atoms with Crippen LogP contribution in [0.25, 0.3) is 0 Å². The van der Waals surface area contributed by atoms with E-state index in [2.05, 4.69) is 23.9 Å². The summed E-state index contributed by atoms with van der Waals surface area (Å²) in [5.41, 5.74) is 6.36. The maximum atomic E-state index is 6.11.